The van der Waals surface area contributed by atoms with E-state index in [9.17, 15) is 0 Å². The Morgan fingerprint density at radius 3 is 2.55 bits per heavy atom. The molecule has 2 aromatic rings. The van der Waals surface area contributed by atoms with Crippen LogP contribution in [-0.2, 0) is 25.9 Å². The number of hydrogen-bond acceptors (Lipinski definition) is 2. The van der Waals surface area contributed by atoms with Crippen molar-refractivity contribution in [2.75, 3.05) is 0 Å². The van der Waals surface area contributed by atoms with Crippen molar-refractivity contribution in [3.05, 3.63) is 11.5 Å². The summed E-state index contributed by atoms with van der Waals surface area (Å²) in [6.45, 7) is 5.39. The van der Waals surface area contributed by atoms with Gasteiger partial charge < -0.3 is 4.57 Å². The van der Waals surface area contributed by atoms with E-state index in [-0.39, 0.29) is 0 Å². The highest BCUT2D eigenvalue weighted by molar-refractivity contribution is 6.16. The van der Waals surface area contributed by atoms with Crippen molar-refractivity contribution in [3.63, 3.8) is 0 Å². The summed E-state index contributed by atoms with van der Waals surface area (Å²) in [5.74, 6) is 1.44. The summed E-state index contributed by atoms with van der Waals surface area (Å²) in [5.41, 5.74) is 3.27. The SMILES string of the molecule is CCCCCCn1c(CCl)nc2c(CCC)nn(C)c21. The fraction of sp³-hybridized carbons (Fsp3) is 0.733. The Kier molecular flexibility index (Phi) is 5.46. The molecular formula is C15H25ClN4. The lowest BCUT2D eigenvalue weighted by atomic mass is 10.2. The average molecular weight is 297 g/mol. The van der Waals surface area contributed by atoms with Gasteiger partial charge in [-0.3, -0.25) is 4.68 Å². The van der Waals surface area contributed by atoms with Gasteiger partial charge in [-0.2, -0.15) is 5.10 Å². The third kappa shape index (κ3) is 3.00. The third-order valence-corrected chi connectivity index (χ3v) is 3.95. The van der Waals surface area contributed by atoms with Crippen molar-refractivity contribution in [2.24, 2.45) is 7.05 Å². The minimum Gasteiger partial charge on any atom is -0.312 e. The van der Waals surface area contributed by atoms with Gasteiger partial charge in [0, 0.05) is 13.6 Å². The first-order valence-electron chi connectivity index (χ1n) is 7.69. The quantitative estimate of drug-likeness (QED) is 0.544. The molecule has 0 spiro atoms. The number of rotatable bonds is 8. The zero-order valence-corrected chi connectivity index (χ0v) is 13.6. The number of fused-ring (bicyclic) bond motifs is 1. The largest absolute Gasteiger partial charge is 0.312 e. The van der Waals surface area contributed by atoms with E-state index in [2.05, 4.69) is 23.5 Å². The van der Waals surface area contributed by atoms with Crippen LogP contribution in [0.25, 0.3) is 11.2 Å². The Bertz CT molecular complexity index is 556. The molecule has 112 valence electrons. The zero-order chi connectivity index (χ0) is 14.5. The normalized spacial score (nSPS) is 11.6. The highest BCUT2D eigenvalue weighted by atomic mass is 35.5. The molecule has 0 aliphatic rings. The van der Waals surface area contributed by atoms with E-state index >= 15 is 0 Å². The smallest absolute Gasteiger partial charge is 0.158 e. The van der Waals surface area contributed by atoms with Gasteiger partial charge in [-0.25, -0.2) is 4.98 Å². The second-order valence-electron chi connectivity index (χ2n) is 5.37. The summed E-state index contributed by atoms with van der Waals surface area (Å²) in [4.78, 5) is 4.72. The minimum absolute atomic E-state index is 0.466. The molecule has 4 nitrogen and oxygen atoms in total. The van der Waals surface area contributed by atoms with Crippen molar-refractivity contribution in [1.82, 2.24) is 19.3 Å². The Morgan fingerprint density at radius 1 is 1.10 bits per heavy atom. The first-order chi connectivity index (χ1) is 9.72. The Morgan fingerprint density at radius 2 is 1.90 bits per heavy atom. The van der Waals surface area contributed by atoms with Crippen molar-refractivity contribution >= 4 is 22.8 Å². The topological polar surface area (TPSA) is 35.6 Å². The number of aromatic nitrogens is 4. The van der Waals surface area contributed by atoms with Gasteiger partial charge in [-0.15, -0.1) is 11.6 Å². The molecular weight excluding hydrogens is 272 g/mol. The van der Waals surface area contributed by atoms with Crippen molar-refractivity contribution < 1.29 is 0 Å². The molecule has 0 atom stereocenters. The Balaban J connectivity index is 2.30. The Labute approximate surface area is 126 Å². The van der Waals surface area contributed by atoms with E-state index in [1.165, 1.54) is 25.7 Å². The maximum atomic E-state index is 6.07. The molecule has 2 heterocycles. The predicted octanol–water partition coefficient (Wildman–Crippen LogP) is 4.04. The summed E-state index contributed by atoms with van der Waals surface area (Å²) < 4.78 is 4.22. The molecule has 2 aromatic heterocycles. The van der Waals surface area contributed by atoms with Crippen LogP contribution >= 0.6 is 11.6 Å². The van der Waals surface area contributed by atoms with Gasteiger partial charge in [0.05, 0.1) is 11.6 Å². The van der Waals surface area contributed by atoms with Crippen LogP contribution < -0.4 is 0 Å². The molecule has 0 saturated carbocycles. The van der Waals surface area contributed by atoms with E-state index in [1.807, 2.05) is 11.7 Å². The summed E-state index contributed by atoms with van der Waals surface area (Å²) in [5, 5.41) is 4.61. The number of alkyl halides is 1. The van der Waals surface area contributed by atoms with Crippen LogP contribution in [0.3, 0.4) is 0 Å². The van der Waals surface area contributed by atoms with Gasteiger partial charge in [0.25, 0.3) is 0 Å². The summed E-state index contributed by atoms with van der Waals surface area (Å²) in [7, 11) is 2.00. The van der Waals surface area contributed by atoms with E-state index in [0.717, 1.165) is 42.1 Å². The van der Waals surface area contributed by atoms with Crippen molar-refractivity contribution in [3.8, 4) is 0 Å². The van der Waals surface area contributed by atoms with Crippen molar-refractivity contribution in [1.29, 1.82) is 0 Å². The van der Waals surface area contributed by atoms with Gasteiger partial charge >= 0.3 is 0 Å². The van der Waals surface area contributed by atoms with Crippen LogP contribution in [0, 0.1) is 0 Å². The Hall–Kier alpha value is -1.03. The lowest BCUT2D eigenvalue weighted by Gasteiger charge is -2.07. The third-order valence-electron chi connectivity index (χ3n) is 3.71. The first-order valence-corrected chi connectivity index (χ1v) is 8.23. The number of halogens is 1. The summed E-state index contributed by atoms with van der Waals surface area (Å²) in [6.07, 6.45) is 7.06. The van der Waals surface area contributed by atoms with Crippen LogP contribution in [-0.4, -0.2) is 19.3 Å². The molecule has 0 bridgehead atoms. The van der Waals surface area contributed by atoms with Crippen molar-refractivity contribution in [2.45, 2.75) is 64.8 Å². The second kappa shape index (κ2) is 7.11. The maximum absolute atomic E-state index is 6.07. The van der Waals surface area contributed by atoms with E-state index in [1.54, 1.807) is 0 Å². The van der Waals surface area contributed by atoms with Gasteiger partial charge in [-0.05, 0) is 12.8 Å². The molecule has 5 heteroatoms. The number of hydrogen-bond donors (Lipinski definition) is 0. The minimum atomic E-state index is 0.466. The molecule has 0 saturated heterocycles. The molecule has 0 fully saturated rings. The molecule has 0 aliphatic heterocycles. The van der Waals surface area contributed by atoms with E-state index in [0.29, 0.717) is 5.88 Å². The first kappa shape index (κ1) is 15.4. The van der Waals surface area contributed by atoms with Gasteiger partial charge in [0.2, 0.25) is 0 Å². The monoisotopic (exact) mass is 296 g/mol. The van der Waals surface area contributed by atoms with Crippen LogP contribution in [0.2, 0.25) is 0 Å². The zero-order valence-electron chi connectivity index (χ0n) is 12.8. The van der Waals surface area contributed by atoms with Crippen LogP contribution in [0.4, 0.5) is 0 Å². The van der Waals surface area contributed by atoms with Crippen LogP contribution in [0.5, 0.6) is 0 Å². The highest BCUT2D eigenvalue weighted by Gasteiger charge is 2.17. The number of nitrogens with zero attached hydrogens (tertiary/aromatic N) is 4. The highest BCUT2D eigenvalue weighted by Crippen LogP contribution is 2.22. The van der Waals surface area contributed by atoms with Gasteiger partial charge in [0.1, 0.15) is 11.3 Å². The number of unbranched alkanes of at least 4 members (excludes halogenated alkanes) is 3. The number of imidazole rings is 1. The van der Waals surface area contributed by atoms with E-state index < -0.39 is 0 Å². The average Bonchev–Trinajstić information content (AvgIpc) is 2.94. The number of aryl methyl sites for hydroxylation is 3. The van der Waals surface area contributed by atoms with E-state index in [4.69, 9.17) is 16.6 Å². The second-order valence-corrected chi connectivity index (χ2v) is 5.63. The summed E-state index contributed by atoms with van der Waals surface area (Å²) >= 11 is 6.07. The molecule has 0 N–H and O–H groups in total. The molecule has 0 amide bonds. The molecule has 0 radical (unpaired) electrons. The predicted molar refractivity (Wildman–Crippen MR) is 84.2 cm³/mol. The standard InChI is InChI=1S/C15H25ClN4/c1-4-6-7-8-10-20-13(11-16)17-14-12(9-5-2)18-19(3)15(14)20/h4-11H2,1-3H3. The van der Waals surface area contributed by atoms with Crippen LogP contribution in [0.15, 0.2) is 0 Å². The van der Waals surface area contributed by atoms with Crippen LogP contribution in [0.1, 0.15) is 57.5 Å². The molecule has 0 aromatic carbocycles. The molecule has 2 rings (SSSR count). The fourth-order valence-electron chi connectivity index (χ4n) is 2.73. The molecule has 0 aliphatic carbocycles. The lowest BCUT2D eigenvalue weighted by Crippen LogP contribution is -2.06. The summed E-state index contributed by atoms with van der Waals surface area (Å²) in [6, 6.07) is 0. The lowest BCUT2D eigenvalue weighted by molar-refractivity contribution is 0.569. The maximum Gasteiger partial charge on any atom is 0.158 e. The van der Waals surface area contributed by atoms with Gasteiger partial charge in [0.15, 0.2) is 5.65 Å². The fourth-order valence-corrected chi connectivity index (χ4v) is 2.93. The molecule has 0 unspecified atom stereocenters. The van der Waals surface area contributed by atoms with Gasteiger partial charge in [-0.1, -0.05) is 39.5 Å². The molecule has 20 heavy (non-hydrogen) atoms.